The maximum atomic E-state index is 12.6. The smallest absolute Gasteiger partial charge is 0.243 e. The largest absolute Gasteiger partial charge is 0.385 e. The molecule has 30 heavy (non-hydrogen) atoms. The van der Waals surface area contributed by atoms with Gasteiger partial charge in [-0.1, -0.05) is 12.1 Å². The van der Waals surface area contributed by atoms with Crippen LogP contribution in [0.5, 0.6) is 0 Å². The number of hydrogen-bond donors (Lipinski definition) is 3. The minimum Gasteiger partial charge on any atom is -0.385 e. The predicted octanol–water partition coefficient (Wildman–Crippen LogP) is 0.284. The Morgan fingerprint density at radius 2 is 2.10 bits per heavy atom. The van der Waals surface area contributed by atoms with Crippen LogP contribution in [0.4, 0.5) is 5.69 Å². The van der Waals surface area contributed by atoms with E-state index in [0.717, 1.165) is 29.7 Å². The van der Waals surface area contributed by atoms with Gasteiger partial charge in [0.25, 0.3) is 0 Å². The lowest BCUT2D eigenvalue weighted by atomic mass is 9.97. The first-order valence-corrected chi connectivity index (χ1v) is 10.3. The van der Waals surface area contributed by atoms with Gasteiger partial charge in [-0.15, -0.1) is 0 Å². The van der Waals surface area contributed by atoms with E-state index in [0.29, 0.717) is 45.6 Å². The minimum absolute atomic E-state index is 0.209. The maximum absolute atomic E-state index is 12.6. The number of piperidine rings is 1. The van der Waals surface area contributed by atoms with Crippen molar-refractivity contribution < 1.29 is 23.9 Å². The number of ketones is 1. The summed E-state index contributed by atoms with van der Waals surface area (Å²) in [6.07, 6.45) is 2.44. The number of aldehydes is 1. The summed E-state index contributed by atoms with van der Waals surface area (Å²) in [5.41, 5.74) is 7.82. The summed E-state index contributed by atoms with van der Waals surface area (Å²) in [5.74, 6) is -1.34. The summed E-state index contributed by atoms with van der Waals surface area (Å²) < 4.78 is 5.50. The number of nitrogens with zero attached hydrogens (tertiary/aromatic N) is 1. The fraction of sp³-hybridized carbons (Fsp3) is 0.524. The van der Waals surface area contributed by atoms with Gasteiger partial charge in [0.15, 0.2) is 6.29 Å². The Morgan fingerprint density at radius 3 is 2.83 bits per heavy atom. The number of ether oxygens (including phenoxy) is 1. The molecule has 162 valence electrons. The van der Waals surface area contributed by atoms with Gasteiger partial charge in [-0.2, -0.15) is 0 Å². The Labute approximate surface area is 175 Å². The molecule has 2 amide bonds. The van der Waals surface area contributed by atoms with Crippen LogP contribution < -0.4 is 16.4 Å². The fourth-order valence-electron chi connectivity index (χ4n) is 4.03. The maximum Gasteiger partial charge on any atom is 0.243 e. The average molecular weight is 416 g/mol. The molecule has 2 atom stereocenters. The van der Waals surface area contributed by atoms with E-state index in [1.807, 2.05) is 18.2 Å². The molecule has 1 aromatic rings. The van der Waals surface area contributed by atoms with Crippen molar-refractivity contribution in [1.82, 2.24) is 10.2 Å². The molecule has 0 bridgehead atoms. The summed E-state index contributed by atoms with van der Waals surface area (Å²) in [7, 11) is 0. The van der Waals surface area contributed by atoms with Crippen LogP contribution in [-0.4, -0.2) is 61.1 Å². The number of carbonyl (C=O) groups excluding carboxylic acids is 4. The van der Waals surface area contributed by atoms with E-state index < -0.39 is 23.8 Å². The number of Topliss-reactive ketones (excluding diaryl/α,β-unsaturated/α-hetero) is 1. The zero-order chi connectivity index (χ0) is 21.5. The monoisotopic (exact) mass is 416 g/mol. The molecule has 9 heteroatoms. The second kappa shape index (κ2) is 10.4. The van der Waals surface area contributed by atoms with E-state index in [4.69, 9.17) is 10.5 Å². The van der Waals surface area contributed by atoms with Gasteiger partial charge in [0, 0.05) is 44.0 Å². The minimum atomic E-state index is -0.842. The molecular formula is C21H28N4O5. The molecule has 0 radical (unpaired) electrons. The first-order chi connectivity index (χ1) is 14.6. The number of benzene rings is 1. The summed E-state index contributed by atoms with van der Waals surface area (Å²) in [6.45, 7) is 2.84. The Hall–Kier alpha value is -2.62. The number of nitrogens with one attached hydrogen (secondary N) is 2. The third-order valence-electron chi connectivity index (χ3n) is 5.42. The topological polar surface area (TPSA) is 131 Å². The summed E-state index contributed by atoms with van der Waals surface area (Å²) >= 11 is 0. The lowest BCUT2D eigenvalue weighted by Gasteiger charge is -2.33. The number of carbonyl (C=O) groups is 4. The van der Waals surface area contributed by atoms with Crippen molar-refractivity contribution in [3.05, 3.63) is 29.3 Å². The number of nitrogens with two attached hydrogens (primary N) is 1. The molecule has 1 fully saturated rings. The highest BCUT2D eigenvalue weighted by molar-refractivity contribution is 6.28. The van der Waals surface area contributed by atoms with Crippen LogP contribution in [0.15, 0.2) is 18.2 Å². The van der Waals surface area contributed by atoms with Crippen LogP contribution in [0.25, 0.3) is 0 Å². The van der Waals surface area contributed by atoms with E-state index >= 15 is 0 Å². The van der Waals surface area contributed by atoms with Crippen LogP contribution in [-0.2, 0) is 30.5 Å². The molecule has 0 aliphatic carbocycles. The molecule has 1 aromatic carbocycles. The van der Waals surface area contributed by atoms with Gasteiger partial charge in [0.1, 0.15) is 6.04 Å². The zero-order valence-electron chi connectivity index (χ0n) is 16.9. The molecule has 9 nitrogen and oxygen atoms in total. The number of fused-ring (bicyclic) bond motifs is 1. The lowest BCUT2D eigenvalue weighted by Crippen LogP contribution is -2.52. The lowest BCUT2D eigenvalue weighted by molar-refractivity contribution is -0.141. The Kier molecular flexibility index (Phi) is 7.67. The van der Waals surface area contributed by atoms with E-state index in [1.165, 1.54) is 0 Å². The fourth-order valence-corrected chi connectivity index (χ4v) is 4.03. The van der Waals surface area contributed by atoms with Crippen LogP contribution in [0.1, 0.15) is 42.9 Å². The van der Waals surface area contributed by atoms with Crippen molar-refractivity contribution in [3.8, 4) is 0 Å². The number of imide groups is 1. The Morgan fingerprint density at radius 1 is 1.30 bits per heavy atom. The Balaban J connectivity index is 1.73. The molecule has 4 N–H and O–H groups in total. The first kappa shape index (κ1) is 22.1. The second-order valence-electron chi connectivity index (χ2n) is 7.48. The van der Waals surface area contributed by atoms with Crippen LogP contribution in [0.3, 0.4) is 0 Å². The molecule has 2 heterocycles. The number of amides is 2. The van der Waals surface area contributed by atoms with Gasteiger partial charge in [0.05, 0.1) is 6.04 Å². The van der Waals surface area contributed by atoms with Crippen molar-refractivity contribution >= 4 is 29.6 Å². The number of anilines is 1. The van der Waals surface area contributed by atoms with E-state index in [-0.39, 0.29) is 12.3 Å². The van der Waals surface area contributed by atoms with E-state index in [2.05, 4.69) is 10.6 Å². The molecule has 1 saturated heterocycles. The normalized spacial score (nSPS) is 21.2. The van der Waals surface area contributed by atoms with Crippen molar-refractivity contribution in [2.24, 2.45) is 5.73 Å². The summed E-state index contributed by atoms with van der Waals surface area (Å²) in [5, 5.41) is 5.66. The average Bonchev–Trinajstić information content (AvgIpc) is 3.12. The van der Waals surface area contributed by atoms with E-state index in [1.54, 1.807) is 4.90 Å². The highest BCUT2D eigenvalue weighted by Crippen LogP contribution is 2.41. The third kappa shape index (κ3) is 4.92. The molecule has 2 unspecified atom stereocenters. The second-order valence-corrected chi connectivity index (χ2v) is 7.48. The third-order valence-corrected chi connectivity index (χ3v) is 5.42. The van der Waals surface area contributed by atoms with Gasteiger partial charge in [-0.05, 0) is 37.4 Å². The summed E-state index contributed by atoms with van der Waals surface area (Å²) in [6, 6.07) is 4.18. The molecule has 2 aliphatic rings. The standard InChI is InChI=1S/C21H28N4O5/c22-8-2-10-30-11-3-9-23-15-5-1-4-14-12-25(20(19(14)15)17(27)13-26)16-6-7-18(28)24-21(16)29/h1,4-5,13,16,20,23H,2-3,6-12,22H2,(H,24,28,29). The van der Waals surface area contributed by atoms with Crippen LogP contribution in [0.2, 0.25) is 0 Å². The van der Waals surface area contributed by atoms with Gasteiger partial charge in [-0.3, -0.25) is 29.4 Å². The van der Waals surface area contributed by atoms with Crippen molar-refractivity contribution in [2.75, 3.05) is 31.6 Å². The van der Waals surface area contributed by atoms with Crippen LogP contribution in [0, 0.1) is 0 Å². The molecule has 0 aromatic heterocycles. The first-order valence-electron chi connectivity index (χ1n) is 10.3. The molecule has 3 rings (SSSR count). The van der Waals surface area contributed by atoms with Gasteiger partial charge in [-0.25, -0.2) is 0 Å². The van der Waals surface area contributed by atoms with E-state index in [9.17, 15) is 19.2 Å². The van der Waals surface area contributed by atoms with Gasteiger partial charge >= 0.3 is 0 Å². The van der Waals surface area contributed by atoms with Gasteiger partial charge < -0.3 is 15.8 Å². The Bertz CT molecular complexity index is 813. The van der Waals surface area contributed by atoms with Gasteiger partial charge in [0.2, 0.25) is 17.6 Å². The highest BCUT2D eigenvalue weighted by atomic mass is 16.5. The molecule has 0 spiro atoms. The zero-order valence-corrected chi connectivity index (χ0v) is 16.9. The SMILES string of the molecule is NCCCOCCCNc1cccc2c1C(C(=O)C=O)N(C1CCC(=O)NC1=O)C2. The molecule has 2 aliphatic heterocycles. The molecular weight excluding hydrogens is 388 g/mol. The molecule has 0 saturated carbocycles. The quantitative estimate of drug-likeness (QED) is 0.203. The van der Waals surface area contributed by atoms with Crippen molar-refractivity contribution in [1.29, 1.82) is 0 Å². The summed E-state index contributed by atoms with van der Waals surface area (Å²) in [4.78, 5) is 49.6. The van der Waals surface area contributed by atoms with Crippen LogP contribution >= 0.6 is 0 Å². The number of hydrogen-bond acceptors (Lipinski definition) is 8. The highest BCUT2D eigenvalue weighted by Gasteiger charge is 2.44. The predicted molar refractivity (Wildman–Crippen MR) is 110 cm³/mol. The van der Waals surface area contributed by atoms with Crippen molar-refractivity contribution in [3.63, 3.8) is 0 Å². The number of rotatable bonds is 11. The van der Waals surface area contributed by atoms with Crippen molar-refractivity contribution in [2.45, 2.75) is 44.3 Å².